The van der Waals surface area contributed by atoms with Crippen LogP contribution >= 0.6 is 31.9 Å². The lowest BCUT2D eigenvalue weighted by Gasteiger charge is -2.04. The van der Waals surface area contributed by atoms with Gasteiger partial charge in [-0.3, -0.25) is 0 Å². The molecule has 0 heterocycles. The number of hydrogen-bond donors (Lipinski definition) is 0. The summed E-state index contributed by atoms with van der Waals surface area (Å²) in [5.41, 5.74) is 0. The summed E-state index contributed by atoms with van der Waals surface area (Å²) in [6.45, 7) is 0. The van der Waals surface area contributed by atoms with E-state index in [1.807, 2.05) is 0 Å². The van der Waals surface area contributed by atoms with Crippen LogP contribution < -0.4 is 0 Å². The molecule has 0 saturated carbocycles. The van der Waals surface area contributed by atoms with Crippen molar-refractivity contribution in [2.75, 3.05) is 0 Å². The fourth-order valence-electron chi connectivity index (χ4n) is 0. The highest BCUT2D eigenvalue weighted by atomic mass is 79.9. The second-order valence-corrected chi connectivity index (χ2v) is 3.90. The second-order valence-electron chi connectivity index (χ2n) is 0.842. The van der Waals surface area contributed by atoms with Gasteiger partial charge < -0.3 is 0 Å². The minimum absolute atomic E-state index is 1.58. The van der Waals surface area contributed by atoms with E-state index < -0.39 is 9.91 Å². The molecule has 44 valence electrons. The Morgan fingerprint density at radius 1 is 1.14 bits per heavy atom. The van der Waals surface area contributed by atoms with Crippen molar-refractivity contribution in [1.82, 2.24) is 0 Å². The monoisotopic (exact) mass is 240 g/mol. The van der Waals surface area contributed by atoms with E-state index in [0.717, 1.165) is 0 Å². The van der Waals surface area contributed by atoms with Crippen LogP contribution in [-0.2, 0) is 0 Å². The van der Waals surface area contributed by atoms with E-state index in [-0.39, 0.29) is 0 Å². The predicted octanol–water partition coefficient (Wildman–Crippen LogP) is 2.66. The van der Waals surface area contributed by atoms with Crippen molar-refractivity contribution in [1.29, 1.82) is 0 Å². The predicted molar refractivity (Wildman–Crippen MR) is 27.7 cm³/mol. The molecule has 0 aromatic heterocycles. The Balaban J connectivity index is 3.54. The molecule has 0 aromatic rings. The van der Waals surface area contributed by atoms with Crippen molar-refractivity contribution < 1.29 is 13.2 Å². The average Bonchev–Trinajstić information content (AvgIpc) is 1.31. The minimum Gasteiger partial charge on any atom is -0.169 e. The highest BCUT2D eigenvalue weighted by molar-refractivity contribution is 9.24. The lowest BCUT2D eigenvalue weighted by atomic mass is 10.8. The molecule has 0 rings (SSSR count). The summed E-state index contributed by atoms with van der Waals surface area (Å²) in [6.07, 6.45) is -4.17. The van der Waals surface area contributed by atoms with E-state index in [1.165, 1.54) is 0 Å². The van der Waals surface area contributed by atoms with Crippen LogP contribution in [0.5, 0.6) is 0 Å². The van der Waals surface area contributed by atoms with Crippen LogP contribution in [-0.4, -0.2) is 9.91 Å². The smallest absolute Gasteiger partial charge is 0.169 e. The zero-order valence-electron chi connectivity index (χ0n) is 2.97. The van der Waals surface area contributed by atoms with Gasteiger partial charge in [0.05, 0.1) is 0 Å². The molecule has 0 nitrogen and oxygen atoms in total. The van der Waals surface area contributed by atoms with Crippen LogP contribution in [0, 0.1) is 0 Å². The maximum atomic E-state index is 11.1. The van der Waals surface area contributed by atoms with Gasteiger partial charge in [-0.25, -0.2) is 0 Å². The Hall–Kier alpha value is 0.750. The number of rotatable bonds is 0. The van der Waals surface area contributed by atoms with Crippen molar-refractivity contribution in [2.45, 2.75) is 9.91 Å². The molecule has 0 N–H and O–H groups in total. The van der Waals surface area contributed by atoms with E-state index in [9.17, 15) is 13.2 Å². The van der Waals surface area contributed by atoms with Crippen LogP contribution in [0.15, 0.2) is 0 Å². The third-order valence-corrected chi connectivity index (χ3v) is 1.29. The van der Waals surface area contributed by atoms with Crippen molar-refractivity contribution >= 4 is 31.9 Å². The molecular formula is C2HBr2F3. The Morgan fingerprint density at radius 2 is 1.29 bits per heavy atom. The first-order chi connectivity index (χ1) is 2.94. The molecule has 0 aliphatic heterocycles. The second kappa shape index (κ2) is 2.35. The number of alkyl halides is 5. The summed E-state index contributed by atoms with van der Waals surface area (Å²) in [5.74, 6) is 0. The van der Waals surface area contributed by atoms with Gasteiger partial charge in [-0.1, -0.05) is 31.9 Å². The van der Waals surface area contributed by atoms with Gasteiger partial charge in [0.25, 0.3) is 0 Å². The van der Waals surface area contributed by atoms with Crippen molar-refractivity contribution in [3.05, 3.63) is 0 Å². The molecule has 0 unspecified atom stereocenters. The van der Waals surface area contributed by atoms with E-state index in [0.29, 0.717) is 0 Å². The largest absolute Gasteiger partial charge is 0.410 e. The summed E-state index contributed by atoms with van der Waals surface area (Å²) in [5, 5.41) is 0. The normalized spacial score (nSPS) is 12.9. The molecule has 5 heteroatoms. The summed E-state index contributed by atoms with van der Waals surface area (Å²) < 4.78 is 31.7. The topological polar surface area (TPSA) is 0 Å². The van der Waals surface area contributed by atoms with Crippen molar-refractivity contribution in [2.24, 2.45) is 0 Å². The Bertz CT molecular complexity index is 56.4. The fraction of sp³-hybridized carbons (Fsp3) is 1.00. The van der Waals surface area contributed by atoms with Gasteiger partial charge in [0, 0.05) is 0 Å². The molecule has 0 saturated heterocycles. The Labute approximate surface area is 55.3 Å². The molecule has 0 fully saturated rings. The van der Waals surface area contributed by atoms with Gasteiger partial charge in [0.2, 0.25) is 0 Å². The van der Waals surface area contributed by atoms with Gasteiger partial charge in [-0.05, 0) is 0 Å². The number of halogens is 5. The summed E-state index contributed by atoms with van der Waals surface area (Å²) in [6, 6.07) is 0. The zero-order valence-corrected chi connectivity index (χ0v) is 6.14. The number of hydrogen-bond acceptors (Lipinski definition) is 0. The molecule has 0 aromatic carbocycles. The van der Waals surface area contributed by atoms with Crippen LogP contribution in [0.4, 0.5) is 13.2 Å². The fourth-order valence-corrected chi connectivity index (χ4v) is 0. The molecular weight excluding hydrogens is 241 g/mol. The van der Waals surface area contributed by atoms with E-state index in [1.54, 1.807) is 0 Å². The standard InChI is InChI=1S/C2HBr2F3/c3-1(4)2(5,6)7/h1H. The lowest BCUT2D eigenvalue weighted by Crippen LogP contribution is -2.15. The lowest BCUT2D eigenvalue weighted by molar-refractivity contribution is -0.109. The van der Waals surface area contributed by atoms with Crippen LogP contribution in [0.2, 0.25) is 0 Å². The molecule has 0 aliphatic carbocycles. The summed E-state index contributed by atoms with van der Waals surface area (Å²) in [7, 11) is 0. The molecule has 0 spiro atoms. The molecule has 0 amide bonds. The van der Waals surface area contributed by atoms with Gasteiger partial charge in [-0.15, -0.1) is 0 Å². The zero-order chi connectivity index (χ0) is 6.08. The minimum atomic E-state index is -4.17. The average molecular weight is 242 g/mol. The van der Waals surface area contributed by atoms with E-state index in [2.05, 4.69) is 31.9 Å². The summed E-state index contributed by atoms with van der Waals surface area (Å²) in [4.78, 5) is 0. The van der Waals surface area contributed by atoms with E-state index >= 15 is 0 Å². The molecule has 0 aliphatic rings. The van der Waals surface area contributed by atoms with Crippen molar-refractivity contribution in [3.8, 4) is 0 Å². The van der Waals surface area contributed by atoms with Gasteiger partial charge in [0.15, 0.2) is 3.74 Å². The Morgan fingerprint density at radius 3 is 1.29 bits per heavy atom. The maximum Gasteiger partial charge on any atom is 0.410 e. The molecule has 0 atom stereocenters. The van der Waals surface area contributed by atoms with Crippen LogP contribution in [0.1, 0.15) is 0 Å². The van der Waals surface area contributed by atoms with Crippen LogP contribution in [0.3, 0.4) is 0 Å². The summed E-state index contributed by atoms with van der Waals surface area (Å²) >= 11 is 4.57. The maximum absolute atomic E-state index is 11.1. The first-order valence-electron chi connectivity index (χ1n) is 1.29. The highest BCUT2D eigenvalue weighted by Gasteiger charge is 2.35. The SMILES string of the molecule is FC(F)(F)C(Br)Br. The van der Waals surface area contributed by atoms with Crippen LogP contribution in [0.25, 0.3) is 0 Å². The first-order valence-corrected chi connectivity index (χ1v) is 3.12. The molecule has 0 bridgehead atoms. The third kappa shape index (κ3) is 3.34. The molecule has 0 radical (unpaired) electrons. The van der Waals surface area contributed by atoms with Crippen molar-refractivity contribution in [3.63, 3.8) is 0 Å². The highest BCUT2D eigenvalue weighted by Crippen LogP contribution is 2.30. The van der Waals surface area contributed by atoms with Gasteiger partial charge in [0.1, 0.15) is 0 Å². The van der Waals surface area contributed by atoms with Gasteiger partial charge in [-0.2, -0.15) is 13.2 Å². The van der Waals surface area contributed by atoms with Gasteiger partial charge >= 0.3 is 6.18 Å². The quantitative estimate of drug-likeness (QED) is 0.572. The van der Waals surface area contributed by atoms with E-state index in [4.69, 9.17) is 0 Å². The third-order valence-electron chi connectivity index (χ3n) is 0.247. The Kier molecular flexibility index (Phi) is 2.60. The first kappa shape index (κ1) is 7.75. The molecule has 7 heavy (non-hydrogen) atoms.